The predicted octanol–water partition coefficient (Wildman–Crippen LogP) is 2.63. The van der Waals surface area contributed by atoms with E-state index in [1.165, 1.54) is 17.9 Å². The second-order valence-corrected chi connectivity index (χ2v) is 7.25. The number of hydrogen-bond donors (Lipinski definition) is 0. The van der Waals surface area contributed by atoms with Gasteiger partial charge in [0, 0.05) is 38.4 Å². The molecule has 2 amide bonds. The molecule has 0 unspecified atom stereocenters. The average Bonchev–Trinajstić information content (AvgIpc) is 3.33. The first-order valence-electron chi connectivity index (χ1n) is 10.1. The Bertz CT molecular complexity index is 1140. The highest BCUT2D eigenvalue weighted by molar-refractivity contribution is 5.97. The third kappa shape index (κ3) is 4.14. The van der Waals surface area contributed by atoms with Crippen LogP contribution < -0.4 is 9.47 Å². The van der Waals surface area contributed by atoms with Crippen molar-refractivity contribution >= 4 is 11.8 Å². The van der Waals surface area contributed by atoms with Gasteiger partial charge in [0.25, 0.3) is 11.8 Å². The Hall–Kier alpha value is -3.88. The van der Waals surface area contributed by atoms with Gasteiger partial charge in [0.2, 0.25) is 0 Å². The van der Waals surface area contributed by atoms with Crippen molar-refractivity contribution in [2.24, 2.45) is 0 Å². The van der Waals surface area contributed by atoms with E-state index in [0.29, 0.717) is 43.2 Å². The molecule has 0 radical (unpaired) electrons. The van der Waals surface area contributed by atoms with E-state index in [1.807, 2.05) is 0 Å². The Morgan fingerprint density at radius 2 is 1.59 bits per heavy atom. The molecule has 1 aliphatic heterocycles. The number of rotatable bonds is 5. The van der Waals surface area contributed by atoms with Crippen molar-refractivity contribution in [2.45, 2.75) is 0 Å². The van der Waals surface area contributed by atoms with E-state index < -0.39 is 5.82 Å². The zero-order valence-electron chi connectivity index (χ0n) is 17.8. The van der Waals surface area contributed by atoms with E-state index >= 15 is 0 Å². The molecule has 2 aromatic carbocycles. The highest BCUT2D eigenvalue weighted by Gasteiger charge is 2.28. The SMILES string of the molecule is COc1ccc(C(=O)N2CCN(C(=O)c3ccn(-c4ccccc4F)n3)CC2)c(OC)c1. The first-order valence-corrected chi connectivity index (χ1v) is 10.1. The monoisotopic (exact) mass is 438 g/mol. The molecule has 166 valence electrons. The summed E-state index contributed by atoms with van der Waals surface area (Å²) in [6.07, 6.45) is 1.56. The highest BCUT2D eigenvalue weighted by Crippen LogP contribution is 2.26. The van der Waals surface area contributed by atoms with Crippen molar-refractivity contribution in [1.29, 1.82) is 0 Å². The Balaban J connectivity index is 1.41. The van der Waals surface area contributed by atoms with Gasteiger partial charge in [-0.05, 0) is 30.3 Å². The van der Waals surface area contributed by atoms with Crippen molar-refractivity contribution in [3.8, 4) is 17.2 Å². The lowest BCUT2D eigenvalue weighted by Gasteiger charge is -2.34. The highest BCUT2D eigenvalue weighted by atomic mass is 19.1. The first-order chi connectivity index (χ1) is 15.5. The summed E-state index contributed by atoms with van der Waals surface area (Å²) in [5.41, 5.74) is 0.942. The van der Waals surface area contributed by atoms with Crippen LogP contribution in [-0.4, -0.2) is 71.8 Å². The largest absolute Gasteiger partial charge is 0.497 e. The van der Waals surface area contributed by atoms with Gasteiger partial charge in [-0.1, -0.05) is 12.1 Å². The number of piperazine rings is 1. The van der Waals surface area contributed by atoms with Crippen LogP contribution in [0.3, 0.4) is 0 Å². The normalized spacial score (nSPS) is 13.7. The molecule has 4 rings (SSSR count). The van der Waals surface area contributed by atoms with Gasteiger partial charge >= 0.3 is 0 Å². The molecule has 1 aromatic heterocycles. The number of amides is 2. The third-order valence-electron chi connectivity index (χ3n) is 5.40. The molecule has 0 N–H and O–H groups in total. The molecule has 0 bridgehead atoms. The van der Waals surface area contributed by atoms with Crippen LogP contribution in [0, 0.1) is 5.82 Å². The van der Waals surface area contributed by atoms with Gasteiger partial charge in [-0.15, -0.1) is 0 Å². The van der Waals surface area contributed by atoms with Crippen molar-refractivity contribution in [3.63, 3.8) is 0 Å². The number of carbonyl (C=O) groups is 2. The number of hydrogen-bond acceptors (Lipinski definition) is 5. The van der Waals surface area contributed by atoms with Gasteiger partial charge in [-0.25, -0.2) is 9.07 Å². The van der Waals surface area contributed by atoms with Crippen LogP contribution in [0.2, 0.25) is 0 Å². The second-order valence-electron chi connectivity index (χ2n) is 7.25. The quantitative estimate of drug-likeness (QED) is 0.612. The van der Waals surface area contributed by atoms with E-state index in [4.69, 9.17) is 9.47 Å². The van der Waals surface area contributed by atoms with Crippen LogP contribution >= 0.6 is 0 Å². The Morgan fingerprint density at radius 1 is 0.906 bits per heavy atom. The van der Waals surface area contributed by atoms with Crippen molar-refractivity contribution in [2.75, 3.05) is 40.4 Å². The molecule has 8 nitrogen and oxygen atoms in total. The van der Waals surface area contributed by atoms with Crippen LogP contribution in [0.1, 0.15) is 20.8 Å². The summed E-state index contributed by atoms with van der Waals surface area (Å²) in [6, 6.07) is 12.8. The summed E-state index contributed by atoms with van der Waals surface area (Å²) in [5, 5.41) is 4.23. The fourth-order valence-corrected chi connectivity index (χ4v) is 3.63. The van der Waals surface area contributed by atoms with Gasteiger partial charge in [-0.2, -0.15) is 5.10 Å². The smallest absolute Gasteiger partial charge is 0.274 e. The number of ether oxygens (including phenoxy) is 2. The van der Waals surface area contributed by atoms with Gasteiger partial charge in [0.05, 0.1) is 19.8 Å². The number of nitrogens with zero attached hydrogens (tertiary/aromatic N) is 4. The predicted molar refractivity (Wildman–Crippen MR) is 115 cm³/mol. The summed E-state index contributed by atoms with van der Waals surface area (Å²) in [5.74, 6) is 0.195. The van der Waals surface area contributed by atoms with E-state index in [2.05, 4.69) is 5.10 Å². The second kappa shape index (κ2) is 9.09. The minimum Gasteiger partial charge on any atom is -0.497 e. The average molecular weight is 438 g/mol. The topological polar surface area (TPSA) is 76.9 Å². The maximum atomic E-state index is 14.0. The Kier molecular flexibility index (Phi) is 6.07. The lowest BCUT2D eigenvalue weighted by molar-refractivity contribution is 0.0530. The first kappa shape index (κ1) is 21.4. The van der Waals surface area contributed by atoms with Crippen LogP contribution in [0.25, 0.3) is 5.69 Å². The Morgan fingerprint density at radius 3 is 2.25 bits per heavy atom. The Labute approximate surface area is 184 Å². The summed E-state index contributed by atoms with van der Waals surface area (Å²) >= 11 is 0. The molecule has 1 saturated heterocycles. The standard InChI is InChI=1S/C23H23FN4O4/c1-31-16-7-8-17(21(15-16)32-2)22(29)26-11-13-27(14-12-26)23(30)19-9-10-28(25-19)20-6-4-3-5-18(20)24/h3-10,15H,11-14H2,1-2H3. The number of carbonyl (C=O) groups excluding carboxylic acids is 2. The lowest BCUT2D eigenvalue weighted by Crippen LogP contribution is -2.50. The zero-order valence-corrected chi connectivity index (χ0v) is 17.8. The third-order valence-corrected chi connectivity index (χ3v) is 5.40. The molecule has 2 heterocycles. The summed E-state index contributed by atoms with van der Waals surface area (Å²) < 4.78 is 25.8. The minimum atomic E-state index is -0.421. The zero-order chi connectivity index (χ0) is 22.7. The van der Waals surface area contributed by atoms with Gasteiger partial charge in [-0.3, -0.25) is 9.59 Å². The molecule has 0 spiro atoms. The van der Waals surface area contributed by atoms with E-state index in [9.17, 15) is 14.0 Å². The van der Waals surface area contributed by atoms with E-state index in [1.54, 1.807) is 65.6 Å². The summed E-state index contributed by atoms with van der Waals surface area (Å²) in [4.78, 5) is 29.2. The van der Waals surface area contributed by atoms with Crippen molar-refractivity contribution in [1.82, 2.24) is 19.6 Å². The van der Waals surface area contributed by atoms with Gasteiger partial charge in [0.1, 0.15) is 23.0 Å². The van der Waals surface area contributed by atoms with E-state index in [0.717, 1.165) is 0 Å². The number of aromatic nitrogens is 2. The summed E-state index contributed by atoms with van der Waals surface area (Å²) in [7, 11) is 3.05. The number of methoxy groups -OCH3 is 2. The molecule has 3 aromatic rings. The van der Waals surface area contributed by atoms with Crippen LogP contribution in [0.15, 0.2) is 54.7 Å². The molecule has 1 aliphatic rings. The maximum Gasteiger partial charge on any atom is 0.274 e. The van der Waals surface area contributed by atoms with E-state index in [-0.39, 0.29) is 23.2 Å². The van der Waals surface area contributed by atoms with Gasteiger partial charge in [0.15, 0.2) is 5.69 Å². The molecule has 9 heteroatoms. The van der Waals surface area contributed by atoms with Crippen LogP contribution in [0.5, 0.6) is 11.5 Å². The van der Waals surface area contributed by atoms with Crippen molar-refractivity contribution in [3.05, 3.63) is 71.8 Å². The van der Waals surface area contributed by atoms with Gasteiger partial charge < -0.3 is 19.3 Å². The molecule has 1 fully saturated rings. The molecule has 0 atom stereocenters. The fraction of sp³-hybridized carbons (Fsp3) is 0.261. The molecule has 32 heavy (non-hydrogen) atoms. The number of para-hydroxylation sites is 1. The van der Waals surface area contributed by atoms with Crippen LogP contribution in [0.4, 0.5) is 4.39 Å². The number of benzene rings is 2. The number of halogens is 1. The maximum absolute atomic E-state index is 14.0. The summed E-state index contributed by atoms with van der Waals surface area (Å²) in [6.45, 7) is 1.51. The minimum absolute atomic E-state index is 0.166. The van der Waals surface area contributed by atoms with Crippen molar-refractivity contribution < 1.29 is 23.5 Å². The molecular formula is C23H23FN4O4. The molecule has 0 aliphatic carbocycles. The van der Waals surface area contributed by atoms with Crippen LogP contribution in [-0.2, 0) is 0 Å². The molecular weight excluding hydrogens is 415 g/mol. The lowest BCUT2D eigenvalue weighted by atomic mass is 10.1. The fourth-order valence-electron chi connectivity index (χ4n) is 3.63. The molecule has 0 saturated carbocycles.